The number of methoxy groups -OCH3 is 1. The van der Waals surface area contributed by atoms with E-state index in [-0.39, 0.29) is 17.0 Å². The fourth-order valence-corrected chi connectivity index (χ4v) is 4.19. The molecule has 1 atom stereocenters. The fourth-order valence-electron chi connectivity index (χ4n) is 3.13. The number of nitrogens with zero attached hydrogens (tertiary/aromatic N) is 2. The van der Waals surface area contributed by atoms with E-state index >= 15 is 0 Å². The van der Waals surface area contributed by atoms with Gasteiger partial charge in [-0.2, -0.15) is 5.10 Å². The predicted molar refractivity (Wildman–Crippen MR) is 128 cm³/mol. The number of aliphatic carboxylic acids is 1. The molecule has 7 nitrogen and oxygen atoms in total. The lowest BCUT2D eigenvalue weighted by Crippen LogP contribution is -2.42. The van der Waals surface area contributed by atoms with Crippen LogP contribution in [0, 0.1) is 0 Å². The molecule has 2 aromatic carbocycles. The minimum absolute atomic E-state index is 0.142. The number of thiocarbonyl (C=S) groups is 1. The molecule has 0 saturated heterocycles. The molecule has 166 valence electrons. The van der Waals surface area contributed by atoms with Gasteiger partial charge in [0.25, 0.3) is 5.56 Å². The molecular formula is C22H19Cl2N3O4S. The van der Waals surface area contributed by atoms with Crippen LogP contribution in [-0.4, -0.2) is 39.0 Å². The molecule has 0 aliphatic carbocycles. The van der Waals surface area contributed by atoms with Crippen LogP contribution < -0.4 is 15.6 Å². The van der Waals surface area contributed by atoms with Gasteiger partial charge in [0.15, 0.2) is 5.75 Å². The first kappa shape index (κ1) is 23.7. The summed E-state index contributed by atoms with van der Waals surface area (Å²) in [7, 11) is 3.02. The van der Waals surface area contributed by atoms with E-state index in [0.29, 0.717) is 32.5 Å². The van der Waals surface area contributed by atoms with E-state index < -0.39 is 12.0 Å². The van der Waals surface area contributed by atoms with Gasteiger partial charge in [0, 0.05) is 19.0 Å². The Balaban J connectivity index is 1.83. The van der Waals surface area contributed by atoms with Gasteiger partial charge < -0.3 is 15.2 Å². The van der Waals surface area contributed by atoms with Crippen molar-refractivity contribution in [3.05, 3.63) is 80.2 Å². The number of carboxylic acid groups (broad SMARTS) is 1. The molecule has 0 fully saturated rings. The second kappa shape index (κ2) is 10.1. The van der Waals surface area contributed by atoms with Crippen molar-refractivity contribution in [2.75, 3.05) is 7.11 Å². The van der Waals surface area contributed by atoms with Crippen molar-refractivity contribution in [3.63, 3.8) is 0 Å². The zero-order valence-electron chi connectivity index (χ0n) is 17.1. The molecule has 0 unspecified atom stereocenters. The van der Waals surface area contributed by atoms with E-state index in [1.165, 1.54) is 18.0 Å². The molecule has 0 spiro atoms. The average Bonchev–Trinajstić information content (AvgIpc) is 2.75. The molecule has 0 saturated carbocycles. The minimum Gasteiger partial charge on any atom is -0.494 e. The van der Waals surface area contributed by atoms with Crippen molar-refractivity contribution in [2.45, 2.75) is 12.5 Å². The highest BCUT2D eigenvalue weighted by Gasteiger charge is 2.22. The maximum Gasteiger partial charge on any atom is 0.326 e. The van der Waals surface area contributed by atoms with Crippen LogP contribution in [0.3, 0.4) is 0 Å². The standard InChI is InChI=1S/C22H19Cl2N3O4S/c1-27-21(28)18(17(31-2)11-25-27)13-8-6-12(7-9-13)10-16(22(29)30)26-20(32)19-14(23)4-3-5-15(19)24/h3-9,11,16H,10H2,1-2H3,(H,26,32)(H,29,30)/t16-/m0/s1. The van der Waals surface area contributed by atoms with E-state index in [0.717, 1.165) is 5.56 Å². The molecule has 3 aromatic rings. The summed E-state index contributed by atoms with van der Waals surface area (Å²) in [5.74, 6) is -0.725. The normalized spacial score (nSPS) is 11.6. The number of rotatable bonds is 7. The number of aryl methyl sites for hydroxylation is 1. The van der Waals surface area contributed by atoms with Gasteiger partial charge in [-0.15, -0.1) is 0 Å². The number of ether oxygens (including phenoxy) is 1. The number of carbonyl (C=O) groups is 1. The lowest BCUT2D eigenvalue weighted by atomic mass is 10.0. The number of halogens is 2. The Morgan fingerprint density at radius 3 is 2.41 bits per heavy atom. The van der Waals surface area contributed by atoms with E-state index in [1.54, 1.807) is 49.5 Å². The van der Waals surface area contributed by atoms with Crippen molar-refractivity contribution in [1.29, 1.82) is 0 Å². The van der Waals surface area contributed by atoms with Crippen molar-refractivity contribution in [1.82, 2.24) is 15.1 Å². The van der Waals surface area contributed by atoms with Crippen molar-refractivity contribution < 1.29 is 14.6 Å². The molecule has 1 heterocycles. The highest BCUT2D eigenvalue weighted by atomic mass is 35.5. The highest BCUT2D eigenvalue weighted by Crippen LogP contribution is 2.27. The summed E-state index contributed by atoms with van der Waals surface area (Å²) < 4.78 is 6.49. The van der Waals surface area contributed by atoms with Crippen molar-refractivity contribution >= 4 is 46.4 Å². The topological polar surface area (TPSA) is 93.5 Å². The summed E-state index contributed by atoms with van der Waals surface area (Å²) in [6.07, 6.45) is 1.61. The van der Waals surface area contributed by atoms with Crippen LogP contribution in [0.1, 0.15) is 11.1 Å². The maximum atomic E-state index is 12.5. The van der Waals surface area contributed by atoms with Crippen LogP contribution in [0.15, 0.2) is 53.5 Å². The SMILES string of the molecule is COc1cnn(C)c(=O)c1-c1ccc(C[C@H](NC(=S)c2c(Cl)cccc2Cl)C(=O)O)cc1. The smallest absolute Gasteiger partial charge is 0.326 e. The number of hydrogen-bond donors (Lipinski definition) is 2. The Morgan fingerprint density at radius 1 is 1.22 bits per heavy atom. The van der Waals surface area contributed by atoms with E-state index in [2.05, 4.69) is 10.4 Å². The maximum absolute atomic E-state index is 12.5. The molecule has 0 amide bonds. The second-order valence-electron chi connectivity index (χ2n) is 6.88. The Bertz CT molecular complexity index is 1210. The Labute approximate surface area is 199 Å². The van der Waals surface area contributed by atoms with Gasteiger partial charge in [0.1, 0.15) is 11.0 Å². The van der Waals surface area contributed by atoms with Gasteiger partial charge >= 0.3 is 5.97 Å². The van der Waals surface area contributed by atoms with E-state index in [4.69, 9.17) is 40.2 Å². The number of nitrogens with one attached hydrogen (secondary N) is 1. The summed E-state index contributed by atoms with van der Waals surface area (Å²) in [5.41, 5.74) is 1.81. The fraction of sp³-hybridized carbons (Fsp3) is 0.182. The Kier molecular flexibility index (Phi) is 7.50. The van der Waals surface area contributed by atoms with Crippen LogP contribution >= 0.6 is 35.4 Å². The van der Waals surface area contributed by atoms with Gasteiger partial charge in [0.2, 0.25) is 0 Å². The quantitative estimate of drug-likeness (QED) is 0.486. The van der Waals surface area contributed by atoms with Crippen LogP contribution in [0.25, 0.3) is 11.1 Å². The molecule has 0 aliphatic rings. The number of carboxylic acids is 1. The molecule has 32 heavy (non-hydrogen) atoms. The van der Waals surface area contributed by atoms with Gasteiger partial charge in [-0.05, 0) is 23.3 Å². The van der Waals surface area contributed by atoms with Crippen LogP contribution in [-0.2, 0) is 18.3 Å². The molecule has 0 aliphatic heterocycles. The second-order valence-corrected chi connectivity index (χ2v) is 8.10. The first-order valence-electron chi connectivity index (χ1n) is 9.40. The number of benzene rings is 2. The van der Waals surface area contributed by atoms with Crippen LogP contribution in [0.2, 0.25) is 10.0 Å². The third-order valence-electron chi connectivity index (χ3n) is 4.80. The van der Waals surface area contributed by atoms with Gasteiger partial charge in [-0.3, -0.25) is 4.79 Å². The average molecular weight is 492 g/mol. The molecule has 1 aromatic heterocycles. The van der Waals surface area contributed by atoms with E-state index in [1.807, 2.05) is 0 Å². The first-order valence-corrected chi connectivity index (χ1v) is 10.6. The lowest BCUT2D eigenvalue weighted by molar-refractivity contribution is -0.139. The first-order chi connectivity index (χ1) is 15.2. The lowest BCUT2D eigenvalue weighted by Gasteiger charge is -2.18. The van der Waals surface area contributed by atoms with Crippen molar-refractivity contribution in [3.8, 4) is 16.9 Å². The predicted octanol–water partition coefficient (Wildman–Crippen LogP) is 3.72. The molecule has 10 heteroatoms. The molecule has 0 radical (unpaired) electrons. The van der Waals surface area contributed by atoms with Crippen LogP contribution in [0.4, 0.5) is 0 Å². The molecular weight excluding hydrogens is 473 g/mol. The summed E-state index contributed by atoms with van der Waals surface area (Å²) in [5, 5.41) is 17.1. The van der Waals surface area contributed by atoms with Crippen LogP contribution in [0.5, 0.6) is 5.75 Å². The zero-order chi connectivity index (χ0) is 23.4. The van der Waals surface area contributed by atoms with E-state index in [9.17, 15) is 14.7 Å². The highest BCUT2D eigenvalue weighted by molar-refractivity contribution is 7.80. The minimum atomic E-state index is -1.08. The van der Waals surface area contributed by atoms with Gasteiger partial charge in [0.05, 0.1) is 28.9 Å². The summed E-state index contributed by atoms with van der Waals surface area (Å²) in [6, 6.07) is 10.9. The van der Waals surface area contributed by atoms with Crippen molar-refractivity contribution in [2.24, 2.45) is 7.05 Å². The summed E-state index contributed by atoms with van der Waals surface area (Å²) >= 11 is 17.7. The summed E-state index contributed by atoms with van der Waals surface area (Å²) in [6.45, 7) is 0. The Hall–Kier alpha value is -2.94. The zero-order valence-corrected chi connectivity index (χ0v) is 19.5. The monoisotopic (exact) mass is 491 g/mol. The largest absolute Gasteiger partial charge is 0.494 e. The van der Waals surface area contributed by atoms with Gasteiger partial charge in [-0.1, -0.05) is 65.8 Å². The Morgan fingerprint density at radius 2 is 1.84 bits per heavy atom. The third kappa shape index (κ3) is 5.09. The van der Waals surface area contributed by atoms with Gasteiger partial charge in [-0.25, -0.2) is 9.48 Å². The number of hydrogen-bond acceptors (Lipinski definition) is 5. The molecule has 0 bridgehead atoms. The molecule has 2 N–H and O–H groups in total. The summed E-state index contributed by atoms with van der Waals surface area (Å²) in [4.78, 5) is 24.5. The molecule has 3 rings (SSSR count). The third-order valence-corrected chi connectivity index (χ3v) is 5.75. The number of aromatic nitrogens is 2.